The molecular formula is C27H34N6OS. The topological polar surface area (TPSA) is 58.5 Å². The van der Waals surface area contributed by atoms with E-state index < -0.39 is 0 Å². The Kier molecular flexibility index (Phi) is 7.13. The van der Waals surface area contributed by atoms with Crippen molar-refractivity contribution in [2.75, 3.05) is 39.4 Å². The van der Waals surface area contributed by atoms with E-state index in [0.29, 0.717) is 0 Å². The van der Waals surface area contributed by atoms with Gasteiger partial charge >= 0.3 is 0 Å². The van der Waals surface area contributed by atoms with Crippen LogP contribution < -0.4 is 5.32 Å². The van der Waals surface area contributed by atoms with Crippen LogP contribution in [-0.2, 0) is 4.74 Å². The van der Waals surface area contributed by atoms with Crippen molar-refractivity contribution in [1.29, 1.82) is 0 Å². The molecule has 3 aromatic rings. The number of aryl methyl sites for hydroxylation is 2. The van der Waals surface area contributed by atoms with Crippen molar-refractivity contribution >= 4 is 17.3 Å². The Morgan fingerprint density at radius 3 is 2.60 bits per heavy atom. The molecule has 5 rings (SSSR count). The molecule has 5 heterocycles. The van der Waals surface area contributed by atoms with Gasteiger partial charge in [0, 0.05) is 50.0 Å². The van der Waals surface area contributed by atoms with Crippen molar-refractivity contribution < 1.29 is 4.74 Å². The lowest BCUT2D eigenvalue weighted by Gasteiger charge is -2.30. The third kappa shape index (κ3) is 4.96. The Morgan fingerprint density at radius 1 is 1.06 bits per heavy atom. The molecule has 0 aromatic carbocycles. The molecule has 2 aliphatic heterocycles. The number of rotatable bonds is 7. The number of ether oxygens (including phenoxy) is 1. The zero-order valence-electron chi connectivity index (χ0n) is 20.8. The van der Waals surface area contributed by atoms with E-state index in [1.54, 1.807) is 0 Å². The summed E-state index contributed by atoms with van der Waals surface area (Å²) >= 11 is 5.89. The highest BCUT2D eigenvalue weighted by Crippen LogP contribution is 2.41. The molecular weight excluding hydrogens is 456 g/mol. The van der Waals surface area contributed by atoms with Gasteiger partial charge in [-0.05, 0) is 74.8 Å². The van der Waals surface area contributed by atoms with Crippen LogP contribution in [-0.4, -0.2) is 68.8 Å². The highest BCUT2D eigenvalue weighted by atomic mass is 32.1. The second kappa shape index (κ2) is 10.4. The fourth-order valence-corrected chi connectivity index (χ4v) is 5.64. The smallest absolute Gasteiger partial charge is 0.170 e. The number of morpholine rings is 1. The van der Waals surface area contributed by atoms with E-state index in [1.165, 1.54) is 17.0 Å². The van der Waals surface area contributed by atoms with Crippen molar-refractivity contribution in [1.82, 2.24) is 29.7 Å². The third-order valence-corrected chi connectivity index (χ3v) is 7.44. The minimum absolute atomic E-state index is 0.00739. The minimum atomic E-state index is -0.00739. The summed E-state index contributed by atoms with van der Waals surface area (Å²) in [7, 11) is 0. The van der Waals surface area contributed by atoms with E-state index in [2.05, 4.69) is 64.7 Å². The molecule has 35 heavy (non-hydrogen) atoms. The monoisotopic (exact) mass is 490 g/mol. The molecule has 2 saturated heterocycles. The average molecular weight is 491 g/mol. The standard InChI is InChI=1S/C27H34N6OS/c1-19-8-9-24(29-18-19)33-20(2)17-22(21(33)3)26-25(23-7-4-5-10-28-23)30-27(35)32(26)12-6-11-31-13-15-34-16-14-31/h4-5,7-10,17-18,25-26H,6,11-16H2,1-3H3,(H,30,35)/t25-,26+/m0/s1. The molecule has 2 aliphatic rings. The lowest BCUT2D eigenvalue weighted by molar-refractivity contribution is 0.0365. The third-order valence-electron chi connectivity index (χ3n) is 7.09. The Hall–Kier alpha value is -2.81. The maximum atomic E-state index is 5.89. The lowest BCUT2D eigenvalue weighted by Crippen LogP contribution is -2.39. The van der Waals surface area contributed by atoms with Gasteiger partial charge < -0.3 is 19.5 Å². The first kappa shape index (κ1) is 23.9. The number of thiocarbonyl (C=S) groups is 1. The molecule has 2 atom stereocenters. The summed E-state index contributed by atoms with van der Waals surface area (Å²) in [5.74, 6) is 0.943. The number of nitrogens with one attached hydrogen (secondary N) is 1. The summed E-state index contributed by atoms with van der Waals surface area (Å²) in [5.41, 5.74) is 5.78. The van der Waals surface area contributed by atoms with Gasteiger partial charge in [0.05, 0.1) is 31.0 Å². The predicted octanol–water partition coefficient (Wildman–Crippen LogP) is 3.89. The van der Waals surface area contributed by atoms with Crippen molar-refractivity contribution in [3.05, 3.63) is 77.0 Å². The van der Waals surface area contributed by atoms with Gasteiger partial charge in [0.15, 0.2) is 5.11 Å². The zero-order chi connectivity index (χ0) is 24.4. The van der Waals surface area contributed by atoms with Crippen LogP contribution in [0.15, 0.2) is 48.8 Å². The molecule has 0 unspecified atom stereocenters. The van der Waals surface area contributed by atoms with Gasteiger partial charge in [0.2, 0.25) is 0 Å². The number of hydrogen-bond acceptors (Lipinski definition) is 5. The molecule has 3 aromatic heterocycles. The first-order chi connectivity index (χ1) is 17.0. The molecule has 1 N–H and O–H groups in total. The van der Waals surface area contributed by atoms with Crippen molar-refractivity contribution in [2.45, 2.75) is 39.3 Å². The van der Waals surface area contributed by atoms with Gasteiger partial charge in [-0.1, -0.05) is 12.1 Å². The van der Waals surface area contributed by atoms with Crippen LogP contribution in [0.25, 0.3) is 5.82 Å². The number of aromatic nitrogens is 3. The normalized spacial score (nSPS) is 20.9. The van der Waals surface area contributed by atoms with Crippen LogP contribution in [0.2, 0.25) is 0 Å². The summed E-state index contributed by atoms with van der Waals surface area (Å²) in [4.78, 5) is 14.2. The Labute approximate surface area is 213 Å². The quantitative estimate of drug-likeness (QED) is 0.504. The fourth-order valence-electron chi connectivity index (χ4n) is 5.31. The summed E-state index contributed by atoms with van der Waals surface area (Å²) in [6.07, 6.45) is 4.83. The molecule has 0 saturated carbocycles. The second-order valence-corrected chi connectivity index (χ2v) is 9.87. The number of pyridine rings is 2. The van der Waals surface area contributed by atoms with E-state index in [9.17, 15) is 0 Å². The molecule has 2 fully saturated rings. The predicted molar refractivity (Wildman–Crippen MR) is 142 cm³/mol. The maximum Gasteiger partial charge on any atom is 0.170 e. The first-order valence-corrected chi connectivity index (χ1v) is 12.8. The van der Waals surface area contributed by atoms with Crippen LogP contribution in [0.4, 0.5) is 0 Å². The summed E-state index contributed by atoms with van der Waals surface area (Å²) in [5, 5.41) is 4.39. The summed E-state index contributed by atoms with van der Waals surface area (Å²) in [6.45, 7) is 12.0. The lowest BCUT2D eigenvalue weighted by atomic mass is 9.96. The molecule has 0 spiro atoms. The number of nitrogens with zero attached hydrogens (tertiary/aromatic N) is 5. The van der Waals surface area contributed by atoms with E-state index >= 15 is 0 Å². The molecule has 7 nitrogen and oxygen atoms in total. The SMILES string of the molecule is Cc1ccc(-n2c(C)cc([C@@H]3[C@H](c4ccccn4)NC(=S)N3CCCN3CCOCC3)c2C)nc1. The zero-order valence-corrected chi connectivity index (χ0v) is 21.6. The van der Waals surface area contributed by atoms with Crippen molar-refractivity contribution in [2.24, 2.45) is 0 Å². The summed E-state index contributed by atoms with van der Waals surface area (Å²) in [6, 6.07) is 12.6. The highest BCUT2D eigenvalue weighted by molar-refractivity contribution is 7.80. The van der Waals surface area contributed by atoms with E-state index in [1.807, 2.05) is 24.5 Å². The Balaban J connectivity index is 1.47. The molecule has 184 valence electrons. The highest BCUT2D eigenvalue weighted by Gasteiger charge is 2.41. The second-order valence-electron chi connectivity index (χ2n) is 9.48. The summed E-state index contributed by atoms with van der Waals surface area (Å²) < 4.78 is 7.75. The van der Waals surface area contributed by atoms with Gasteiger partial charge in [-0.15, -0.1) is 0 Å². The molecule has 0 bridgehead atoms. The maximum absolute atomic E-state index is 5.89. The molecule has 8 heteroatoms. The first-order valence-electron chi connectivity index (χ1n) is 12.4. The largest absolute Gasteiger partial charge is 0.379 e. The molecule has 0 radical (unpaired) electrons. The van der Waals surface area contributed by atoms with Gasteiger partial charge in [-0.2, -0.15) is 0 Å². The van der Waals surface area contributed by atoms with Gasteiger partial charge in [-0.25, -0.2) is 4.98 Å². The molecule has 0 amide bonds. The minimum Gasteiger partial charge on any atom is -0.379 e. The average Bonchev–Trinajstić information content (AvgIpc) is 3.36. The van der Waals surface area contributed by atoms with Gasteiger partial charge in [0.25, 0.3) is 0 Å². The van der Waals surface area contributed by atoms with Crippen LogP contribution in [0.5, 0.6) is 0 Å². The van der Waals surface area contributed by atoms with Crippen molar-refractivity contribution in [3.63, 3.8) is 0 Å². The van der Waals surface area contributed by atoms with E-state index in [0.717, 1.165) is 68.0 Å². The fraction of sp³-hybridized carbons (Fsp3) is 0.444. The van der Waals surface area contributed by atoms with Crippen LogP contribution in [0.1, 0.15) is 46.7 Å². The van der Waals surface area contributed by atoms with Crippen LogP contribution in [0.3, 0.4) is 0 Å². The van der Waals surface area contributed by atoms with E-state index in [-0.39, 0.29) is 12.1 Å². The van der Waals surface area contributed by atoms with Gasteiger partial charge in [0.1, 0.15) is 5.82 Å². The van der Waals surface area contributed by atoms with Gasteiger partial charge in [-0.3, -0.25) is 9.88 Å². The Morgan fingerprint density at radius 2 is 1.89 bits per heavy atom. The Bertz CT molecular complexity index is 1160. The van der Waals surface area contributed by atoms with Crippen molar-refractivity contribution in [3.8, 4) is 5.82 Å². The van der Waals surface area contributed by atoms with Crippen LogP contribution in [0, 0.1) is 20.8 Å². The van der Waals surface area contributed by atoms with Crippen LogP contribution >= 0.6 is 12.2 Å². The number of hydrogen-bond donors (Lipinski definition) is 1. The molecule has 0 aliphatic carbocycles. The van der Waals surface area contributed by atoms with E-state index in [4.69, 9.17) is 26.9 Å².